The Morgan fingerprint density at radius 1 is 1.06 bits per heavy atom. The molecular weight excluding hydrogens is 418 g/mol. The largest absolute Gasteiger partial charge is 0.326 e. The molecule has 0 fully saturated rings. The van der Waals surface area contributed by atoms with E-state index in [0.29, 0.717) is 23.8 Å². The first-order valence-electron chi connectivity index (χ1n) is 10.3. The van der Waals surface area contributed by atoms with Gasteiger partial charge in [-0.3, -0.25) is 4.79 Å². The van der Waals surface area contributed by atoms with Crippen molar-refractivity contribution in [2.75, 3.05) is 11.1 Å². The Kier molecular flexibility index (Phi) is 6.24. The smallest absolute Gasteiger partial charge is 0.235 e. The summed E-state index contributed by atoms with van der Waals surface area (Å²) in [5.41, 5.74) is 4.30. The van der Waals surface area contributed by atoms with Crippen molar-refractivity contribution >= 4 is 34.4 Å². The number of hydrogen-bond donors (Lipinski definition) is 1. The summed E-state index contributed by atoms with van der Waals surface area (Å²) in [6, 6.07) is 20.0. The van der Waals surface area contributed by atoms with Crippen LogP contribution < -0.4 is 5.32 Å². The fourth-order valence-electron chi connectivity index (χ4n) is 3.66. The van der Waals surface area contributed by atoms with Crippen molar-refractivity contribution in [1.29, 1.82) is 5.26 Å². The zero-order valence-corrected chi connectivity index (χ0v) is 19.0. The topological polar surface area (TPSA) is 83.6 Å². The number of hydrogen-bond acceptors (Lipinski definition) is 5. The summed E-state index contributed by atoms with van der Waals surface area (Å²) in [4.78, 5) is 21.9. The van der Waals surface area contributed by atoms with E-state index in [1.54, 1.807) is 0 Å². The van der Waals surface area contributed by atoms with Crippen molar-refractivity contribution in [3.05, 3.63) is 82.8 Å². The summed E-state index contributed by atoms with van der Waals surface area (Å²) in [6.07, 6.45) is 0. The first-order chi connectivity index (χ1) is 15.5. The zero-order valence-electron chi connectivity index (χ0n) is 18.2. The van der Waals surface area contributed by atoms with Gasteiger partial charge in [0, 0.05) is 17.6 Å². The molecule has 2 heterocycles. The molecular formula is C25H23N5OS. The summed E-state index contributed by atoms with van der Waals surface area (Å²) >= 11 is 1.37. The second-order valence-electron chi connectivity index (χ2n) is 7.55. The van der Waals surface area contributed by atoms with Gasteiger partial charge in [-0.15, -0.1) is 0 Å². The van der Waals surface area contributed by atoms with Crippen molar-refractivity contribution in [2.45, 2.75) is 32.3 Å². The Hall–Kier alpha value is -3.63. The SMILES string of the molecule is Cc1nc(SCC(=O)Nc2c(C#N)c(C)c(C)n2Cc2ccccc2)c2ccccc2n1. The van der Waals surface area contributed by atoms with Crippen LogP contribution >= 0.6 is 11.8 Å². The van der Waals surface area contributed by atoms with E-state index < -0.39 is 0 Å². The maximum atomic E-state index is 12.9. The normalized spacial score (nSPS) is 10.8. The van der Waals surface area contributed by atoms with Gasteiger partial charge >= 0.3 is 0 Å². The minimum atomic E-state index is -0.182. The third-order valence-corrected chi connectivity index (χ3v) is 6.39. The van der Waals surface area contributed by atoms with Gasteiger partial charge < -0.3 is 9.88 Å². The molecule has 0 radical (unpaired) electrons. The Labute approximate surface area is 191 Å². The van der Waals surface area contributed by atoms with Crippen molar-refractivity contribution < 1.29 is 4.79 Å². The van der Waals surface area contributed by atoms with Crippen LogP contribution in [0.3, 0.4) is 0 Å². The predicted molar refractivity (Wildman–Crippen MR) is 128 cm³/mol. The number of nitriles is 1. The maximum absolute atomic E-state index is 12.9. The quantitative estimate of drug-likeness (QED) is 0.336. The summed E-state index contributed by atoms with van der Waals surface area (Å²) in [5.74, 6) is 1.21. The van der Waals surface area contributed by atoms with Gasteiger partial charge in [-0.1, -0.05) is 60.3 Å². The van der Waals surface area contributed by atoms with Crippen LogP contribution in [0.15, 0.2) is 59.6 Å². The molecule has 4 rings (SSSR count). The van der Waals surface area contributed by atoms with Crippen molar-refractivity contribution in [3.8, 4) is 6.07 Å². The fraction of sp³-hybridized carbons (Fsp3) is 0.200. The van der Waals surface area contributed by atoms with Gasteiger partial charge in [0.1, 0.15) is 22.7 Å². The Morgan fingerprint density at radius 3 is 2.53 bits per heavy atom. The highest BCUT2D eigenvalue weighted by molar-refractivity contribution is 8.00. The highest BCUT2D eigenvalue weighted by atomic mass is 32.2. The van der Waals surface area contributed by atoms with Crippen LogP contribution in [0.1, 0.15) is 28.2 Å². The van der Waals surface area contributed by atoms with Gasteiger partial charge in [0.15, 0.2) is 0 Å². The lowest BCUT2D eigenvalue weighted by Crippen LogP contribution is -2.18. The molecule has 0 aliphatic heterocycles. The van der Waals surface area contributed by atoms with E-state index in [1.165, 1.54) is 11.8 Å². The van der Waals surface area contributed by atoms with E-state index in [2.05, 4.69) is 21.4 Å². The predicted octanol–water partition coefficient (Wildman–Crippen LogP) is 5.01. The third-order valence-electron chi connectivity index (χ3n) is 5.40. The zero-order chi connectivity index (χ0) is 22.7. The van der Waals surface area contributed by atoms with Crippen LogP contribution in [-0.4, -0.2) is 26.2 Å². The maximum Gasteiger partial charge on any atom is 0.235 e. The van der Waals surface area contributed by atoms with Gasteiger partial charge in [-0.05, 0) is 38.0 Å². The molecule has 32 heavy (non-hydrogen) atoms. The molecule has 0 bridgehead atoms. The molecule has 6 nitrogen and oxygen atoms in total. The lowest BCUT2D eigenvalue weighted by Gasteiger charge is -2.13. The van der Waals surface area contributed by atoms with Gasteiger partial charge in [0.2, 0.25) is 5.91 Å². The number of aromatic nitrogens is 3. The molecule has 0 aliphatic carbocycles. The van der Waals surface area contributed by atoms with E-state index in [0.717, 1.165) is 32.7 Å². The van der Waals surface area contributed by atoms with Crippen LogP contribution in [0.4, 0.5) is 5.82 Å². The number of anilines is 1. The molecule has 0 atom stereocenters. The average Bonchev–Trinajstić information content (AvgIpc) is 3.01. The second kappa shape index (κ2) is 9.25. The van der Waals surface area contributed by atoms with Gasteiger partial charge in [-0.2, -0.15) is 5.26 Å². The molecule has 2 aromatic heterocycles. The van der Waals surface area contributed by atoms with Crippen molar-refractivity contribution in [2.24, 2.45) is 0 Å². The van der Waals surface area contributed by atoms with E-state index in [-0.39, 0.29) is 11.7 Å². The standard InChI is InChI=1S/C25H23N5OS/c1-16-17(2)30(14-19-9-5-4-6-10-19)24(21(16)13-26)29-23(31)15-32-25-20-11-7-8-12-22(20)27-18(3)28-25/h4-12H,14-15H2,1-3H3,(H,29,31). The number of nitrogens with one attached hydrogen (secondary N) is 1. The summed E-state index contributed by atoms with van der Waals surface area (Å²) < 4.78 is 2.00. The third kappa shape index (κ3) is 4.36. The number of fused-ring (bicyclic) bond motifs is 1. The molecule has 1 N–H and O–H groups in total. The summed E-state index contributed by atoms with van der Waals surface area (Å²) in [5, 5.41) is 14.4. The van der Waals surface area contributed by atoms with E-state index >= 15 is 0 Å². The number of thioether (sulfide) groups is 1. The highest BCUT2D eigenvalue weighted by Gasteiger charge is 2.20. The van der Waals surface area contributed by atoms with Gasteiger partial charge in [0.05, 0.1) is 16.8 Å². The van der Waals surface area contributed by atoms with E-state index in [9.17, 15) is 10.1 Å². The van der Waals surface area contributed by atoms with Crippen molar-refractivity contribution in [1.82, 2.24) is 14.5 Å². The Balaban J connectivity index is 1.57. The van der Waals surface area contributed by atoms with Crippen LogP contribution in [-0.2, 0) is 11.3 Å². The molecule has 0 aliphatic rings. The van der Waals surface area contributed by atoms with Crippen molar-refractivity contribution in [3.63, 3.8) is 0 Å². The number of carbonyl (C=O) groups is 1. The number of para-hydroxylation sites is 1. The molecule has 0 saturated carbocycles. The van der Waals surface area contributed by atoms with Crippen LogP contribution in [0.5, 0.6) is 0 Å². The average molecular weight is 442 g/mol. The first kappa shape index (κ1) is 21.6. The lowest BCUT2D eigenvalue weighted by molar-refractivity contribution is -0.113. The minimum absolute atomic E-state index is 0.180. The van der Waals surface area contributed by atoms with Gasteiger partial charge in [-0.25, -0.2) is 9.97 Å². The van der Waals surface area contributed by atoms with Crippen LogP contribution in [0.25, 0.3) is 10.9 Å². The number of carbonyl (C=O) groups excluding carboxylic acids is 1. The number of nitrogens with zero attached hydrogens (tertiary/aromatic N) is 4. The molecule has 160 valence electrons. The molecule has 2 aromatic carbocycles. The minimum Gasteiger partial charge on any atom is -0.326 e. The summed E-state index contributed by atoms with van der Waals surface area (Å²) in [6.45, 7) is 6.31. The highest BCUT2D eigenvalue weighted by Crippen LogP contribution is 2.29. The van der Waals surface area contributed by atoms with E-state index in [1.807, 2.05) is 79.9 Å². The first-order valence-corrected chi connectivity index (χ1v) is 11.3. The monoisotopic (exact) mass is 441 g/mol. The lowest BCUT2D eigenvalue weighted by atomic mass is 10.2. The number of benzene rings is 2. The van der Waals surface area contributed by atoms with Crippen LogP contribution in [0, 0.1) is 32.1 Å². The van der Waals surface area contributed by atoms with E-state index in [4.69, 9.17) is 0 Å². The second-order valence-corrected chi connectivity index (χ2v) is 8.51. The molecule has 0 saturated heterocycles. The van der Waals surface area contributed by atoms with Gasteiger partial charge in [0.25, 0.3) is 0 Å². The molecule has 0 spiro atoms. The Bertz CT molecular complexity index is 1340. The molecule has 1 amide bonds. The van der Waals surface area contributed by atoms with Crippen LogP contribution in [0.2, 0.25) is 0 Å². The molecule has 7 heteroatoms. The fourth-order valence-corrected chi connectivity index (χ4v) is 4.53. The molecule has 4 aromatic rings. The number of amides is 1. The number of rotatable bonds is 6. The molecule has 0 unspecified atom stereocenters. The Morgan fingerprint density at radius 2 is 1.78 bits per heavy atom. The summed E-state index contributed by atoms with van der Waals surface area (Å²) in [7, 11) is 0. The number of aryl methyl sites for hydroxylation is 1.